The molecule has 1 aliphatic rings. The molecule has 4 aromatic rings. The quantitative estimate of drug-likeness (QED) is 0.286. The van der Waals surface area contributed by atoms with Crippen LogP contribution in [0.15, 0.2) is 107 Å². The molecule has 7 heteroatoms. The summed E-state index contributed by atoms with van der Waals surface area (Å²) in [5, 5.41) is 15.3. The van der Waals surface area contributed by atoms with Crippen LogP contribution < -0.4 is 4.31 Å². The molecule has 0 amide bonds. The van der Waals surface area contributed by atoms with Crippen LogP contribution in [0.1, 0.15) is 22.3 Å². The van der Waals surface area contributed by atoms with E-state index < -0.39 is 16.1 Å². The van der Waals surface area contributed by atoms with Crippen LogP contribution in [0.3, 0.4) is 0 Å². The van der Waals surface area contributed by atoms with E-state index in [2.05, 4.69) is 5.16 Å². The predicted octanol–water partition coefficient (Wildman–Crippen LogP) is 5.31. The molecular weight excluding hydrogens is 484 g/mol. The van der Waals surface area contributed by atoms with Gasteiger partial charge >= 0.3 is 0 Å². The summed E-state index contributed by atoms with van der Waals surface area (Å²) in [5.74, 6) is 0. The number of fused-ring (bicyclic) bond motifs is 3. The molecule has 1 N–H and O–H groups in total. The number of nitrogens with zero attached hydrogens (tertiary/aromatic N) is 2. The Morgan fingerprint density at radius 2 is 1.32 bits per heavy atom. The molecule has 1 atom stereocenters. The summed E-state index contributed by atoms with van der Waals surface area (Å²) in [6.45, 7) is 3.40. The molecule has 0 bridgehead atoms. The Labute approximate surface area is 217 Å². The van der Waals surface area contributed by atoms with Crippen molar-refractivity contribution in [2.45, 2.75) is 24.8 Å². The van der Waals surface area contributed by atoms with Gasteiger partial charge in [0.25, 0.3) is 10.0 Å². The van der Waals surface area contributed by atoms with E-state index in [9.17, 15) is 13.5 Å². The van der Waals surface area contributed by atoms with Gasteiger partial charge in [-0.3, -0.25) is 4.31 Å². The number of benzene rings is 4. The van der Waals surface area contributed by atoms with Gasteiger partial charge in [0.1, 0.15) is 18.4 Å². The van der Waals surface area contributed by atoms with Gasteiger partial charge in [-0.05, 0) is 48.7 Å². The Morgan fingerprint density at radius 3 is 1.92 bits per heavy atom. The molecule has 0 saturated heterocycles. The van der Waals surface area contributed by atoms with Crippen LogP contribution in [-0.2, 0) is 14.9 Å². The minimum Gasteiger partial charge on any atom is -0.392 e. The van der Waals surface area contributed by atoms with Crippen molar-refractivity contribution in [3.05, 3.63) is 119 Å². The van der Waals surface area contributed by atoms with E-state index in [-0.39, 0.29) is 18.0 Å². The van der Waals surface area contributed by atoms with E-state index in [1.54, 1.807) is 36.4 Å². The Hall–Kier alpha value is -3.94. The Kier molecular flexibility index (Phi) is 6.82. The Balaban J connectivity index is 1.39. The van der Waals surface area contributed by atoms with Crippen molar-refractivity contribution >= 4 is 21.4 Å². The maximum atomic E-state index is 13.6. The number of aliphatic hydroxyl groups excluding tert-OH is 1. The van der Waals surface area contributed by atoms with Gasteiger partial charge in [-0.1, -0.05) is 89.6 Å². The fraction of sp³-hybridized carbons (Fsp3) is 0.167. The average molecular weight is 513 g/mol. The van der Waals surface area contributed by atoms with Gasteiger partial charge in [0.15, 0.2) is 0 Å². The first-order valence-corrected chi connectivity index (χ1v) is 13.5. The summed E-state index contributed by atoms with van der Waals surface area (Å²) in [6, 6.07) is 29.8. The molecule has 4 aromatic carbocycles. The largest absolute Gasteiger partial charge is 0.392 e. The number of sulfonamides is 1. The van der Waals surface area contributed by atoms with Gasteiger partial charge in [0.2, 0.25) is 0 Å². The van der Waals surface area contributed by atoms with Gasteiger partial charge in [-0.25, -0.2) is 8.42 Å². The third-order valence-electron chi connectivity index (χ3n) is 6.45. The summed E-state index contributed by atoms with van der Waals surface area (Å²) >= 11 is 0. The molecule has 5 rings (SSSR count). The molecule has 1 unspecified atom stereocenters. The lowest BCUT2D eigenvalue weighted by Gasteiger charge is -2.28. The van der Waals surface area contributed by atoms with Crippen molar-refractivity contribution < 1.29 is 18.4 Å². The van der Waals surface area contributed by atoms with E-state index in [4.69, 9.17) is 4.84 Å². The second-order valence-electron chi connectivity index (χ2n) is 9.12. The second-order valence-corrected chi connectivity index (χ2v) is 11.0. The molecule has 0 heterocycles. The van der Waals surface area contributed by atoms with Gasteiger partial charge < -0.3 is 9.94 Å². The first-order chi connectivity index (χ1) is 17.9. The highest BCUT2D eigenvalue weighted by molar-refractivity contribution is 7.92. The maximum absolute atomic E-state index is 13.6. The van der Waals surface area contributed by atoms with Gasteiger partial charge in [-0.15, -0.1) is 0 Å². The first kappa shape index (κ1) is 24.7. The lowest BCUT2D eigenvalue weighted by Crippen LogP contribution is -2.39. The van der Waals surface area contributed by atoms with Gasteiger partial charge in [0, 0.05) is 11.1 Å². The zero-order chi connectivity index (χ0) is 26.0. The fourth-order valence-electron chi connectivity index (χ4n) is 4.53. The number of para-hydroxylation sites is 1. The lowest BCUT2D eigenvalue weighted by atomic mass is 10.1. The van der Waals surface area contributed by atoms with E-state index in [1.807, 2.05) is 74.5 Å². The van der Waals surface area contributed by atoms with E-state index in [0.29, 0.717) is 11.4 Å². The number of hydrogen-bond acceptors (Lipinski definition) is 5. The molecule has 188 valence electrons. The molecule has 1 aliphatic carbocycles. The molecule has 37 heavy (non-hydrogen) atoms. The molecule has 6 nitrogen and oxygen atoms in total. The maximum Gasteiger partial charge on any atom is 0.264 e. The highest BCUT2D eigenvalue weighted by Gasteiger charge is 2.29. The first-order valence-electron chi connectivity index (χ1n) is 12.1. The molecule has 0 saturated carbocycles. The number of hydrogen-bond donors (Lipinski definition) is 1. The topological polar surface area (TPSA) is 79.2 Å². The normalized spacial score (nSPS) is 13.0. The zero-order valence-electron chi connectivity index (χ0n) is 20.7. The third-order valence-corrected chi connectivity index (χ3v) is 8.24. The van der Waals surface area contributed by atoms with Crippen molar-refractivity contribution in [3.63, 3.8) is 0 Å². The number of aliphatic hydroxyl groups is 1. The lowest BCUT2D eigenvalue weighted by molar-refractivity contribution is 0.0456. The smallest absolute Gasteiger partial charge is 0.264 e. The average Bonchev–Trinajstić information content (AvgIpc) is 3.22. The van der Waals surface area contributed by atoms with Crippen molar-refractivity contribution in [1.82, 2.24) is 0 Å². The number of rotatable bonds is 8. The molecular formula is C30H28N2O4S. The number of aryl methyl sites for hydroxylation is 2. The van der Waals surface area contributed by atoms with Crippen LogP contribution in [-0.4, -0.2) is 38.5 Å². The summed E-state index contributed by atoms with van der Waals surface area (Å²) in [7, 11) is -3.93. The molecule has 0 aromatic heterocycles. The Morgan fingerprint density at radius 1 is 0.784 bits per heavy atom. The highest BCUT2D eigenvalue weighted by Crippen LogP contribution is 2.36. The van der Waals surface area contributed by atoms with Crippen molar-refractivity contribution in [2.75, 3.05) is 17.5 Å². The van der Waals surface area contributed by atoms with Crippen molar-refractivity contribution in [1.29, 1.82) is 0 Å². The van der Waals surface area contributed by atoms with Crippen LogP contribution in [0.25, 0.3) is 11.1 Å². The summed E-state index contributed by atoms with van der Waals surface area (Å²) in [4.78, 5) is 5.77. The molecule has 0 radical (unpaired) electrons. The Bertz CT molecular complexity index is 1520. The number of oxime groups is 1. The van der Waals surface area contributed by atoms with Crippen molar-refractivity contribution in [3.8, 4) is 11.1 Å². The molecule has 0 fully saturated rings. The van der Waals surface area contributed by atoms with Crippen LogP contribution in [0.4, 0.5) is 5.69 Å². The van der Waals surface area contributed by atoms with Crippen molar-refractivity contribution in [2.24, 2.45) is 5.16 Å². The van der Waals surface area contributed by atoms with Gasteiger partial charge in [-0.2, -0.15) is 0 Å². The van der Waals surface area contributed by atoms with Crippen LogP contribution in [0.5, 0.6) is 0 Å². The summed E-state index contributed by atoms with van der Waals surface area (Å²) in [5.41, 5.74) is 7.03. The molecule has 0 spiro atoms. The van der Waals surface area contributed by atoms with Crippen LogP contribution >= 0.6 is 0 Å². The fourth-order valence-corrected chi connectivity index (χ4v) is 6.10. The van der Waals surface area contributed by atoms with Crippen LogP contribution in [0, 0.1) is 13.8 Å². The van der Waals surface area contributed by atoms with Gasteiger partial charge in [0.05, 0.1) is 17.1 Å². The standard InChI is InChI=1S/C30H28N2O4S/c1-21-15-17-24(18-16-21)37(34,35)32(29-14-8-3-9-22(29)2)19-23(33)20-36-31-30-27-12-6-4-10-25(27)26-11-5-7-13-28(26)30/h3-18,23,33H,19-20H2,1-2H3. The van der Waals surface area contributed by atoms with E-state index in [1.165, 1.54) is 4.31 Å². The van der Waals surface area contributed by atoms with Crippen LogP contribution in [0.2, 0.25) is 0 Å². The summed E-state index contributed by atoms with van der Waals surface area (Å²) in [6.07, 6.45) is -1.11. The monoisotopic (exact) mass is 512 g/mol. The predicted molar refractivity (Wildman–Crippen MR) is 146 cm³/mol. The number of anilines is 1. The summed E-state index contributed by atoms with van der Waals surface area (Å²) < 4.78 is 28.5. The second kappa shape index (κ2) is 10.2. The third kappa shape index (κ3) is 4.88. The zero-order valence-corrected chi connectivity index (χ0v) is 21.5. The SMILES string of the molecule is Cc1ccc(S(=O)(=O)N(CC(O)CON=C2c3ccccc3-c3ccccc32)c2ccccc2C)cc1. The van der Waals surface area contributed by atoms with E-state index in [0.717, 1.165) is 33.4 Å². The van der Waals surface area contributed by atoms with E-state index >= 15 is 0 Å². The minimum absolute atomic E-state index is 0.161. The highest BCUT2D eigenvalue weighted by atomic mass is 32.2. The molecule has 0 aliphatic heterocycles. The minimum atomic E-state index is -3.93.